The zero-order valence-electron chi connectivity index (χ0n) is 18.4. The summed E-state index contributed by atoms with van der Waals surface area (Å²) in [5.41, 5.74) is 2.23. The highest BCUT2D eigenvalue weighted by molar-refractivity contribution is 6.30. The summed E-state index contributed by atoms with van der Waals surface area (Å²) in [6.45, 7) is 6.78. The second kappa shape index (κ2) is 9.82. The van der Waals surface area contributed by atoms with Crippen molar-refractivity contribution >= 4 is 23.4 Å². The van der Waals surface area contributed by atoms with Gasteiger partial charge in [-0.1, -0.05) is 49.7 Å². The fourth-order valence-electron chi connectivity index (χ4n) is 2.93. The molecule has 3 aromatic rings. The minimum absolute atomic E-state index is 0.0196. The molecule has 0 aliphatic heterocycles. The third-order valence-corrected chi connectivity index (χ3v) is 4.97. The van der Waals surface area contributed by atoms with Crippen LogP contribution in [-0.4, -0.2) is 42.2 Å². The molecule has 32 heavy (non-hydrogen) atoms. The normalized spacial score (nSPS) is 11.2. The van der Waals surface area contributed by atoms with Crippen LogP contribution in [0.15, 0.2) is 47.0 Å². The van der Waals surface area contributed by atoms with Crippen LogP contribution in [0.2, 0.25) is 5.02 Å². The fraction of sp³-hybridized carbons (Fsp3) is 0.304. The number of ether oxygens (including phenoxy) is 1. The van der Waals surface area contributed by atoms with E-state index in [4.69, 9.17) is 20.9 Å². The van der Waals surface area contributed by atoms with Gasteiger partial charge >= 0.3 is 11.8 Å². The zero-order chi connectivity index (χ0) is 23.3. The molecule has 0 radical (unpaired) electrons. The van der Waals surface area contributed by atoms with E-state index in [1.54, 1.807) is 30.3 Å². The summed E-state index contributed by atoms with van der Waals surface area (Å²) in [7, 11) is 1.51. The van der Waals surface area contributed by atoms with Crippen LogP contribution in [0.3, 0.4) is 0 Å². The topological polar surface area (TPSA) is 106 Å². The van der Waals surface area contributed by atoms with Crippen molar-refractivity contribution < 1.29 is 18.8 Å². The SMILES string of the molecule is COc1ccc(Cl)cc1-c1noc(C(=O)NCCNC(=O)c2ccc(C(C)(C)C)cc2)n1. The molecule has 0 atom stereocenters. The van der Waals surface area contributed by atoms with Gasteiger partial charge in [-0.05, 0) is 41.3 Å². The van der Waals surface area contributed by atoms with Gasteiger partial charge in [0.25, 0.3) is 5.91 Å². The second-order valence-corrected chi connectivity index (χ2v) is 8.54. The van der Waals surface area contributed by atoms with Crippen LogP contribution in [0, 0.1) is 0 Å². The predicted octanol–water partition coefficient (Wildman–Crippen LogP) is 3.86. The molecule has 9 heteroatoms. The molecule has 0 aliphatic carbocycles. The monoisotopic (exact) mass is 456 g/mol. The Kier molecular flexibility index (Phi) is 7.15. The summed E-state index contributed by atoms with van der Waals surface area (Å²) in [6, 6.07) is 12.4. The van der Waals surface area contributed by atoms with E-state index in [1.807, 2.05) is 12.1 Å². The van der Waals surface area contributed by atoms with E-state index >= 15 is 0 Å². The van der Waals surface area contributed by atoms with Crippen molar-refractivity contribution in [1.82, 2.24) is 20.8 Å². The molecule has 2 N–H and O–H groups in total. The van der Waals surface area contributed by atoms with Gasteiger partial charge < -0.3 is 19.9 Å². The van der Waals surface area contributed by atoms with Crippen molar-refractivity contribution in [3.05, 3.63) is 64.5 Å². The van der Waals surface area contributed by atoms with E-state index < -0.39 is 5.91 Å². The van der Waals surface area contributed by atoms with Crippen LogP contribution in [-0.2, 0) is 5.41 Å². The summed E-state index contributed by atoms with van der Waals surface area (Å²) < 4.78 is 10.3. The first kappa shape index (κ1) is 23.3. The Balaban J connectivity index is 1.52. The van der Waals surface area contributed by atoms with Crippen molar-refractivity contribution in [2.75, 3.05) is 20.2 Å². The molecule has 3 rings (SSSR count). The van der Waals surface area contributed by atoms with Crippen LogP contribution in [0.1, 0.15) is 47.4 Å². The van der Waals surface area contributed by atoms with Gasteiger partial charge in [0, 0.05) is 23.7 Å². The van der Waals surface area contributed by atoms with Gasteiger partial charge in [0.1, 0.15) is 5.75 Å². The van der Waals surface area contributed by atoms with Crippen molar-refractivity contribution in [3.63, 3.8) is 0 Å². The maximum absolute atomic E-state index is 12.3. The lowest BCUT2D eigenvalue weighted by atomic mass is 9.87. The number of rotatable bonds is 7. The number of aromatic nitrogens is 2. The van der Waals surface area contributed by atoms with Crippen LogP contribution >= 0.6 is 11.6 Å². The fourth-order valence-corrected chi connectivity index (χ4v) is 3.10. The number of carbonyl (C=O) groups is 2. The summed E-state index contributed by atoms with van der Waals surface area (Å²) in [5, 5.41) is 9.69. The van der Waals surface area contributed by atoms with Crippen molar-refractivity contribution in [2.24, 2.45) is 0 Å². The molecule has 0 unspecified atom stereocenters. The Bertz CT molecular complexity index is 1100. The smallest absolute Gasteiger partial charge is 0.316 e. The first-order chi connectivity index (χ1) is 15.2. The number of amides is 2. The summed E-state index contributed by atoms with van der Waals surface area (Å²) in [5.74, 6) is -0.283. The largest absolute Gasteiger partial charge is 0.496 e. The van der Waals surface area contributed by atoms with Crippen LogP contribution in [0.4, 0.5) is 0 Å². The summed E-state index contributed by atoms with van der Waals surface area (Å²) in [4.78, 5) is 28.7. The van der Waals surface area contributed by atoms with E-state index in [2.05, 4.69) is 41.5 Å². The Labute approximate surface area is 191 Å². The molecule has 0 saturated carbocycles. The van der Waals surface area contributed by atoms with Crippen molar-refractivity contribution in [3.8, 4) is 17.1 Å². The van der Waals surface area contributed by atoms with Gasteiger partial charge in [-0.3, -0.25) is 9.59 Å². The minimum Gasteiger partial charge on any atom is -0.496 e. The molecule has 0 fully saturated rings. The second-order valence-electron chi connectivity index (χ2n) is 8.11. The number of nitrogens with one attached hydrogen (secondary N) is 2. The van der Waals surface area contributed by atoms with Crippen LogP contribution < -0.4 is 15.4 Å². The van der Waals surface area contributed by atoms with Gasteiger partial charge in [-0.25, -0.2) is 0 Å². The predicted molar refractivity (Wildman–Crippen MR) is 121 cm³/mol. The Morgan fingerprint density at radius 2 is 1.69 bits per heavy atom. The number of carbonyl (C=O) groups excluding carboxylic acids is 2. The van der Waals surface area contributed by atoms with Gasteiger partial charge in [0.2, 0.25) is 5.82 Å². The Hall–Kier alpha value is -3.39. The number of benzene rings is 2. The van der Waals surface area contributed by atoms with Gasteiger partial charge in [-0.15, -0.1) is 0 Å². The summed E-state index contributed by atoms with van der Waals surface area (Å²) >= 11 is 6.02. The molecular formula is C23H25ClN4O4. The lowest BCUT2D eigenvalue weighted by molar-refractivity contribution is 0.0898. The maximum atomic E-state index is 12.3. The third kappa shape index (κ3) is 5.64. The molecule has 0 aliphatic rings. The average Bonchev–Trinajstić information content (AvgIpc) is 3.26. The molecule has 0 spiro atoms. The molecule has 0 saturated heterocycles. The molecule has 0 bridgehead atoms. The number of hydrogen-bond acceptors (Lipinski definition) is 6. The van der Waals surface area contributed by atoms with E-state index in [-0.39, 0.29) is 36.1 Å². The average molecular weight is 457 g/mol. The van der Waals surface area contributed by atoms with E-state index in [1.165, 1.54) is 7.11 Å². The highest BCUT2D eigenvalue weighted by Gasteiger charge is 2.19. The molecule has 2 aromatic carbocycles. The Morgan fingerprint density at radius 3 is 2.31 bits per heavy atom. The number of hydrogen-bond donors (Lipinski definition) is 2. The highest BCUT2D eigenvalue weighted by Crippen LogP contribution is 2.30. The quantitative estimate of drug-likeness (QED) is 0.523. The van der Waals surface area contributed by atoms with E-state index in [9.17, 15) is 9.59 Å². The lowest BCUT2D eigenvalue weighted by Gasteiger charge is -2.19. The number of halogens is 1. The first-order valence-electron chi connectivity index (χ1n) is 10.0. The third-order valence-electron chi connectivity index (χ3n) is 4.73. The Morgan fingerprint density at radius 1 is 1.03 bits per heavy atom. The van der Waals surface area contributed by atoms with E-state index in [0.717, 1.165) is 5.56 Å². The van der Waals surface area contributed by atoms with E-state index in [0.29, 0.717) is 21.9 Å². The zero-order valence-corrected chi connectivity index (χ0v) is 19.1. The van der Waals surface area contributed by atoms with Gasteiger partial charge in [0.15, 0.2) is 0 Å². The maximum Gasteiger partial charge on any atom is 0.316 e. The van der Waals surface area contributed by atoms with Crippen molar-refractivity contribution in [1.29, 1.82) is 0 Å². The first-order valence-corrected chi connectivity index (χ1v) is 10.4. The summed E-state index contributed by atoms with van der Waals surface area (Å²) in [6.07, 6.45) is 0. The lowest BCUT2D eigenvalue weighted by Crippen LogP contribution is -2.34. The molecule has 168 valence electrons. The van der Waals surface area contributed by atoms with Gasteiger partial charge in [-0.2, -0.15) is 4.98 Å². The molecule has 1 aromatic heterocycles. The van der Waals surface area contributed by atoms with Crippen molar-refractivity contribution in [2.45, 2.75) is 26.2 Å². The van der Waals surface area contributed by atoms with Gasteiger partial charge in [0.05, 0.1) is 12.7 Å². The highest BCUT2D eigenvalue weighted by atomic mass is 35.5. The van der Waals surface area contributed by atoms with Crippen LogP contribution in [0.25, 0.3) is 11.4 Å². The molecular weight excluding hydrogens is 432 g/mol. The molecule has 1 heterocycles. The number of nitrogens with zero attached hydrogens (tertiary/aromatic N) is 2. The van der Waals surface area contributed by atoms with Crippen LogP contribution in [0.5, 0.6) is 5.75 Å². The minimum atomic E-state index is -0.548. The molecule has 2 amide bonds. The standard InChI is InChI=1S/C23H25ClN4O4/c1-23(2,3)15-7-5-14(6-8-15)20(29)25-11-12-26-21(30)22-27-19(28-32-22)17-13-16(24)9-10-18(17)31-4/h5-10,13H,11-12H2,1-4H3,(H,25,29)(H,26,30). The molecule has 8 nitrogen and oxygen atoms in total. The number of methoxy groups -OCH3 is 1.